The van der Waals surface area contributed by atoms with Gasteiger partial charge in [-0.05, 0) is 47.2 Å². The third-order valence-electron chi connectivity index (χ3n) is 6.26. The van der Waals surface area contributed by atoms with Gasteiger partial charge in [-0.25, -0.2) is 0 Å². The Morgan fingerprint density at radius 3 is 2.27 bits per heavy atom. The van der Waals surface area contributed by atoms with Gasteiger partial charge in [-0.1, -0.05) is 99.5 Å². The Kier molecular flexibility index (Phi) is 11.0. The smallest absolute Gasteiger partial charge is 0.261 e. The predicted molar refractivity (Wildman–Crippen MR) is 150 cm³/mol. The molecule has 0 heterocycles. The summed E-state index contributed by atoms with van der Waals surface area (Å²) in [5.74, 6) is 0.526. The van der Waals surface area contributed by atoms with Crippen LogP contribution in [-0.2, 0) is 22.6 Å². The van der Waals surface area contributed by atoms with E-state index in [0.717, 1.165) is 29.5 Å². The molecule has 0 aliphatic carbocycles. The molecule has 2 amide bonds. The van der Waals surface area contributed by atoms with Gasteiger partial charge < -0.3 is 15.0 Å². The number of nitrogens with one attached hydrogen (secondary N) is 1. The van der Waals surface area contributed by atoms with Crippen LogP contribution in [-0.4, -0.2) is 35.9 Å². The highest BCUT2D eigenvalue weighted by molar-refractivity contribution is 6.30. The second-order valence-electron chi connectivity index (χ2n) is 9.48. The van der Waals surface area contributed by atoms with Gasteiger partial charge in [-0.2, -0.15) is 0 Å². The van der Waals surface area contributed by atoms with Crippen LogP contribution in [0.1, 0.15) is 56.2 Å². The first kappa shape index (κ1) is 28.3. The van der Waals surface area contributed by atoms with Crippen LogP contribution in [0.2, 0.25) is 5.02 Å². The lowest BCUT2D eigenvalue weighted by Gasteiger charge is -2.31. The molecule has 6 heteroatoms. The second-order valence-corrected chi connectivity index (χ2v) is 9.92. The maximum Gasteiger partial charge on any atom is 0.261 e. The average molecular weight is 521 g/mol. The van der Waals surface area contributed by atoms with Crippen LogP contribution in [0, 0.1) is 0 Å². The van der Waals surface area contributed by atoms with Crippen molar-refractivity contribution in [3.05, 3.63) is 101 Å². The lowest BCUT2D eigenvalue weighted by Crippen LogP contribution is -2.51. The molecule has 0 saturated heterocycles. The summed E-state index contributed by atoms with van der Waals surface area (Å²) in [6.07, 6.45) is 2.25. The van der Waals surface area contributed by atoms with Crippen molar-refractivity contribution in [3.8, 4) is 5.75 Å². The van der Waals surface area contributed by atoms with Crippen LogP contribution in [0.3, 0.4) is 0 Å². The zero-order valence-electron chi connectivity index (χ0n) is 22.0. The fraction of sp³-hybridized carbons (Fsp3) is 0.355. The van der Waals surface area contributed by atoms with Crippen LogP contribution < -0.4 is 10.1 Å². The lowest BCUT2D eigenvalue weighted by molar-refractivity contribution is -0.142. The molecule has 5 nitrogen and oxygen atoms in total. The summed E-state index contributed by atoms with van der Waals surface area (Å²) >= 11 is 6.10. The first-order chi connectivity index (χ1) is 17.9. The molecule has 0 spiro atoms. The van der Waals surface area contributed by atoms with Crippen molar-refractivity contribution in [2.24, 2.45) is 0 Å². The van der Waals surface area contributed by atoms with Gasteiger partial charge in [0.1, 0.15) is 11.8 Å². The molecule has 0 aliphatic heterocycles. The molecule has 1 atom stereocenters. The Balaban J connectivity index is 1.90. The van der Waals surface area contributed by atoms with E-state index in [4.69, 9.17) is 16.3 Å². The maximum atomic E-state index is 13.7. The maximum absolute atomic E-state index is 13.7. The number of unbranched alkanes of at least 4 members (excludes halogenated alkanes) is 1. The van der Waals surface area contributed by atoms with Crippen molar-refractivity contribution >= 4 is 23.4 Å². The van der Waals surface area contributed by atoms with Crippen LogP contribution >= 0.6 is 11.6 Å². The summed E-state index contributed by atoms with van der Waals surface area (Å²) in [5.41, 5.74) is 2.91. The number of carbonyl (C=O) groups is 2. The van der Waals surface area contributed by atoms with Crippen molar-refractivity contribution in [2.45, 2.75) is 58.5 Å². The van der Waals surface area contributed by atoms with E-state index >= 15 is 0 Å². The van der Waals surface area contributed by atoms with Crippen LogP contribution in [0.15, 0.2) is 78.9 Å². The summed E-state index contributed by atoms with van der Waals surface area (Å²) in [4.78, 5) is 28.8. The number of rotatable bonds is 13. The van der Waals surface area contributed by atoms with Gasteiger partial charge in [0, 0.05) is 24.5 Å². The number of benzene rings is 3. The van der Waals surface area contributed by atoms with E-state index in [1.807, 2.05) is 66.7 Å². The largest absolute Gasteiger partial charge is 0.483 e. The molecule has 0 fully saturated rings. The van der Waals surface area contributed by atoms with Gasteiger partial charge in [-0.3, -0.25) is 9.59 Å². The summed E-state index contributed by atoms with van der Waals surface area (Å²) in [6, 6.07) is 24.2. The Morgan fingerprint density at radius 2 is 1.59 bits per heavy atom. The molecule has 0 bridgehead atoms. The third-order valence-corrected chi connectivity index (χ3v) is 6.51. The van der Waals surface area contributed by atoms with E-state index < -0.39 is 6.04 Å². The highest BCUT2D eigenvalue weighted by Gasteiger charge is 2.30. The van der Waals surface area contributed by atoms with E-state index in [0.29, 0.717) is 23.7 Å². The van der Waals surface area contributed by atoms with Crippen LogP contribution in [0.4, 0.5) is 0 Å². The molecule has 1 N–H and O–H groups in total. The summed E-state index contributed by atoms with van der Waals surface area (Å²) in [6.45, 7) is 6.94. The first-order valence-electron chi connectivity index (χ1n) is 13.0. The van der Waals surface area contributed by atoms with E-state index in [-0.39, 0.29) is 30.9 Å². The molecule has 3 aromatic carbocycles. The molecular formula is C31H37ClN2O3. The molecule has 0 saturated carbocycles. The molecule has 1 unspecified atom stereocenters. The van der Waals surface area contributed by atoms with E-state index in [1.165, 1.54) is 0 Å². The molecule has 3 aromatic rings. The number of carbonyl (C=O) groups excluding carboxylic acids is 2. The minimum Gasteiger partial charge on any atom is -0.483 e. The van der Waals surface area contributed by atoms with Gasteiger partial charge in [0.05, 0.1) is 0 Å². The molecule has 196 valence electrons. The van der Waals surface area contributed by atoms with Crippen molar-refractivity contribution in [2.75, 3.05) is 13.2 Å². The number of hydrogen-bond acceptors (Lipinski definition) is 3. The van der Waals surface area contributed by atoms with Crippen molar-refractivity contribution < 1.29 is 14.3 Å². The summed E-state index contributed by atoms with van der Waals surface area (Å²) in [5, 5.41) is 3.66. The summed E-state index contributed by atoms with van der Waals surface area (Å²) in [7, 11) is 0. The van der Waals surface area contributed by atoms with Gasteiger partial charge >= 0.3 is 0 Å². The molecule has 0 aliphatic rings. The zero-order chi connectivity index (χ0) is 26.6. The van der Waals surface area contributed by atoms with Gasteiger partial charge in [-0.15, -0.1) is 0 Å². The fourth-order valence-electron chi connectivity index (χ4n) is 4.16. The van der Waals surface area contributed by atoms with Crippen LogP contribution in [0.25, 0.3) is 0 Å². The first-order valence-corrected chi connectivity index (χ1v) is 13.3. The topological polar surface area (TPSA) is 58.6 Å². The van der Waals surface area contributed by atoms with Gasteiger partial charge in [0.2, 0.25) is 5.91 Å². The van der Waals surface area contributed by atoms with Crippen molar-refractivity contribution in [1.29, 1.82) is 0 Å². The lowest BCUT2D eigenvalue weighted by atomic mass is 10.0. The Morgan fingerprint density at radius 1 is 0.919 bits per heavy atom. The molecule has 0 radical (unpaired) electrons. The summed E-state index contributed by atoms with van der Waals surface area (Å²) < 4.78 is 6.03. The average Bonchev–Trinajstić information content (AvgIpc) is 2.91. The zero-order valence-corrected chi connectivity index (χ0v) is 22.7. The molecular weight excluding hydrogens is 484 g/mol. The monoisotopic (exact) mass is 520 g/mol. The highest BCUT2D eigenvalue weighted by atomic mass is 35.5. The standard InChI is InChI=1S/C31H37ClN2O3/c1-4-5-19-33-31(36)28(20-24-11-7-6-8-12-24)34(21-25-15-17-26(32)18-16-25)30(35)22-37-29-14-10-9-13-27(29)23(2)3/h6-18,23,28H,4-5,19-22H2,1-3H3,(H,33,36). The number of nitrogens with zero attached hydrogens (tertiary/aromatic N) is 1. The SMILES string of the molecule is CCCCNC(=O)C(Cc1ccccc1)N(Cc1ccc(Cl)cc1)C(=O)COc1ccccc1C(C)C. The van der Waals surface area contributed by atoms with E-state index in [1.54, 1.807) is 17.0 Å². The normalized spacial score (nSPS) is 11.7. The Hall–Kier alpha value is -3.31. The number of ether oxygens (including phenoxy) is 1. The quantitative estimate of drug-likeness (QED) is 0.265. The van der Waals surface area contributed by atoms with E-state index in [2.05, 4.69) is 26.1 Å². The van der Waals surface area contributed by atoms with Gasteiger partial charge in [0.25, 0.3) is 5.91 Å². The second kappa shape index (κ2) is 14.4. The number of hydrogen-bond donors (Lipinski definition) is 1. The minimum atomic E-state index is -0.689. The van der Waals surface area contributed by atoms with Crippen molar-refractivity contribution in [3.63, 3.8) is 0 Å². The van der Waals surface area contributed by atoms with Gasteiger partial charge in [0.15, 0.2) is 6.61 Å². The Labute approximate surface area is 225 Å². The molecule has 3 rings (SSSR count). The van der Waals surface area contributed by atoms with E-state index in [9.17, 15) is 9.59 Å². The highest BCUT2D eigenvalue weighted by Crippen LogP contribution is 2.26. The number of halogens is 1. The number of amides is 2. The minimum absolute atomic E-state index is 0.162. The molecule has 37 heavy (non-hydrogen) atoms. The van der Waals surface area contributed by atoms with Crippen molar-refractivity contribution in [1.82, 2.24) is 10.2 Å². The van der Waals surface area contributed by atoms with Crippen LogP contribution in [0.5, 0.6) is 5.75 Å². The predicted octanol–water partition coefficient (Wildman–Crippen LogP) is 6.40. The Bertz CT molecular complexity index is 1130. The number of para-hydroxylation sites is 1. The third kappa shape index (κ3) is 8.64. The fourth-order valence-corrected chi connectivity index (χ4v) is 4.28. The molecule has 0 aromatic heterocycles.